The third-order valence-electron chi connectivity index (χ3n) is 5.89. The first-order valence-electron chi connectivity index (χ1n) is 9.74. The van der Waals surface area contributed by atoms with Crippen molar-refractivity contribution in [1.29, 1.82) is 0 Å². The van der Waals surface area contributed by atoms with Crippen LogP contribution < -0.4 is 16.0 Å². The second-order valence-electron chi connectivity index (χ2n) is 7.78. The van der Waals surface area contributed by atoms with Crippen molar-refractivity contribution in [3.05, 3.63) is 29.3 Å². The van der Waals surface area contributed by atoms with Gasteiger partial charge in [-0.2, -0.15) is 0 Å². The molecule has 3 heterocycles. The molecule has 1 aromatic rings. The molecule has 3 N–H and O–H groups in total. The highest BCUT2D eigenvalue weighted by Gasteiger charge is 2.44. The summed E-state index contributed by atoms with van der Waals surface area (Å²) in [7, 11) is 0. The van der Waals surface area contributed by atoms with Gasteiger partial charge in [0.1, 0.15) is 6.04 Å². The fraction of sp³-hybridized carbons (Fsp3) is 0.450. The van der Waals surface area contributed by atoms with E-state index in [1.807, 2.05) is 0 Å². The number of imide groups is 2. The molecule has 1 aromatic carbocycles. The van der Waals surface area contributed by atoms with Gasteiger partial charge < -0.3 is 10.6 Å². The number of nitrogens with zero attached hydrogens (tertiary/aromatic N) is 2. The molecule has 3 aliphatic rings. The highest BCUT2D eigenvalue weighted by molar-refractivity contribution is 6.23. The van der Waals surface area contributed by atoms with E-state index in [4.69, 9.17) is 5.73 Å². The number of amides is 5. The summed E-state index contributed by atoms with van der Waals surface area (Å²) >= 11 is 0. The van der Waals surface area contributed by atoms with E-state index < -0.39 is 29.7 Å². The minimum Gasteiger partial charge on any atom is -0.371 e. The minimum absolute atomic E-state index is 0.0926. The highest BCUT2D eigenvalue weighted by atomic mass is 16.2. The van der Waals surface area contributed by atoms with Gasteiger partial charge in [-0.3, -0.25) is 34.2 Å². The molecule has 0 radical (unpaired) electrons. The van der Waals surface area contributed by atoms with E-state index in [2.05, 4.69) is 10.2 Å². The Labute approximate surface area is 167 Å². The summed E-state index contributed by atoms with van der Waals surface area (Å²) in [5, 5.41) is 2.19. The monoisotopic (exact) mass is 398 g/mol. The Morgan fingerprint density at radius 3 is 2.38 bits per heavy atom. The van der Waals surface area contributed by atoms with Gasteiger partial charge in [0.15, 0.2) is 0 Å². The Bertz CT molecular complexity index is 919. The van der Waals surface area contributed by atoms with Gasteiger partial charge in [0.05, 0.1) is 11.1 Å². The van der Waals surface area contributed by atoms with Crippen LogP contribution in [0.4, 0.5) is 5.69 Å². The zero-order valence-electron chi connectivity index (χ0n) is 15.8. The highest BCUT2D eigenvalue weighted by Crippen LogP contribution is 2.32. The van der Waals surface area contributed by atoms with Gasteiger partial charge >= 0.3 is 0 Å². The average Bonchev–Trinajstić information content (AvgIpc) is 2.92. The molecule has 9 nitrogen and oxygen atoms in total. The number of piperidine rings is 2. The van der Waals surface area contributed by atoms with Crippen LogP contribution in [0, 0.1) is 5.92 Å². The van der Waals surface area contributed by atoms with Gasteiger partial charge in [-0.1, -0.05) is 0 Å². The van der Waals surface area contributed by atoms with Crippen LogP contribution in [0.3, 0.4) is 0 Å². The van der Waals surface area contributed by atoms with E-state index in [1.165, 1.54) is 0 Å². The second kappa shape index (κ2) is 7.31. The van der Waals surface area contributed by atoms with E-state index in [0.717, 1.165) is 36.5 Å². The first-order chi connectivity index (χ1) is 13.8. The van der Waals surface area contributed by atoms with Crippen molar-refractivity contribution in [3.8, 4) is 0 Å². The third kappa shape index (κ3) is 3.48. The van der Waals surface area contributed by atoms with Crippen LogP contribution in [0.1, 0.15) is 52.8 Å². The van der Waals surface area contributed by atoms with Crippen LogP contribution >= 0.6 is 0 Å². The fourth-order valence-electron chi connectivity index (χ4n) is 4.34. The van der Waals surface area contributed by atoms with Crippen LogP contribution in [0.25, 0.3) is 0 Å². The third-order valence-corrected chi connectivity index (χ3v) is 5.89. The predicted octanol–water partition coefficient (Wildman–Crippen LogP) is 0.180. The molecular formula is C20H22N4O5. The van der Waals surface area contributed by atoms with Crippen molar-refractivity contribution in [3.63, 3.8) is 0 Å². The van der Waals surface area contributed by atoms with E-state index in [9.17, 15) is 24.0 Å². The fourth-order valence-corrected chi connectivity index (χ4v) is 4.34. The number of fused-ring (bicyclic) bond motifs is 1. The molecule has 0 aliphatic carbocycles. The van der Waals surface area contributed by atoms with Crippen LogP contribution in [0.2, 0.25) is 0 Å². The molecule has 3 aliphatic heterocycles. The van der Waals surface area contributed by atoms with Crippen LogP contribution in [0.15, 0.2) is 18.2 Å². The number of hydrogen-bond acceptors (Lipinski definition) is 6. The molecule has 2 fully saturated rings. The number of rotatable bonds is 4. The van der Waals surface area contributed by atoms with E-state index >= 15 is 0 Å². The Balaban J connectivity index is 1.51. The van der Waals surface area contributed by atoms with E-state index in [1.54, 1.807) is 18.2 Å². The lowest BCUT2D eigenvalue weighted by Crippen LogP contribution is -2.54. The van der Waals surface area contributed by atoms with E-state index in [-0.39, 0.29) is 35.8 Å². The minimum atomic E-state index is -0.965. The second-order valence-corrected chi connectivity index (χ2v) is 7.78. The largest absolute Gasteiger partial charge is 0.371 e. The predicted molar refractivity (Wildman–Crippen MR) is 102 cm³/mol. The Morgan fingerprint density at radius 2 is 1.72 bits per heavy atom. The maximum Gasteiger partial charge on any atom is 0.262 e. The number of carbonyl (C=O) groups excluding carboxylic acids is 5. The zero-order valence-corrected chi connectivity index (χ0v) is 15.8. The van der Waals surface area contributed by atoms with Crippen molar-refractivity contribution in [2.45, 2.75) is 38.1 Å². The summed E-state index contributed by atoms with van der Waals surface area (Å²) < 4.78 is 0. The van der Waals surface area contributed by atoms with Crippen molar-refractivity contribution < 1.29 is 24.0 Å². The lowest BCUT2D eigenvalue weighted by Gasteiger charge is -2.33. The number of nitrogens with one attached hydrogen (secondary N) is 1. The van der Waals surface area contributed by atoms with Gasteiger partial charge in [-0.15, -0.1) is 0 Å². The number of benzene rings is 1. The zero-order chi connectivity index (χ0) is 20.7. The summed E-state index contributed by atoms with van der Waals surface area (Å²) in [6.45, 7) is 1.46. The lowest BCUT2D eigenvalue weighted by molar-refractivity contribution is -0.136. The van der Waals surface area contributed by atoms with Crippen molar-refractivity contribution in [2.24, 2.45) is 11.7 Å². The van der Waals surface area contributed by atoms with Crippen LogP contribution in [-0.2, 0) is 14.4 Å². The Kier molecular flexibility index (Phi) is 4.81. The maximum atomic E-state index is 12.9. The quantitative estimate of drug-likeness (QED) is 0.696. The molecule has 4 rings (SSSR count). The molecule has 152 valence electrons. The first kappa shape index (κ1) is 19.1. The molecule has 0 bridgehead atoms. The summed E-state index contributed by atoms with van der Waals surface area (Å²) in [4.78, 5) is 63.3. The maximum absolute atomic E-state index is 12.9. The summed E-state index contributed by atoms with van der Waals surface area (Å²) in [6, 6.07) is 4.14. The van der Waals surface area contributed by atoms with Gasteiger partial charge in [0.25, 0.3) is 11.8 Å². The number of anilines is 1. The SMILES string of the molecule is NC(=O)CC1CCN(c2ccc3c(c2)C(=O)N(C2CCC(=O)NC2=O)C3=O)CC1. The van der Waals surface area contributed by atoms with Crippen LogP contribution in [-0.4, -0.2) is 53.6 Å². The normalized spacial score (nSPS) is 22.7. The molecule has 0 aromatic heterocycles. The van der Waals surface area contributed by atoms with Crippen molar-refractivity contribution in [1.82, 2.24) is 10.2 Å². The van der Waals surface area contributed by atoms with E-state index in [0.29, 0.717) is 6.42 Å². The van der Waals surface area contributed by atoms with Gasteiger partial charge in [0.2, 0.25) is 17.7 Å². The number of primary amides is 1. The molecule has 5 amide bonds. The Morgan fingerprint density at radius 1 is 1.03 bits per heavy atom. The molecule has 1 atom stereocenters. The van der Waals surface area contributed by atoms with Gasteiger partial charge in [-0.25, -0.2) is 0 Å². The Hall–Kier alpha value is -3.23. The molecule has 9 heteroatoms. The molecule has 29 heavy (non-hydrogen) atoms. The average molecular weight is 398 g/mol. The summed E-state index contributed by atoms with van der Waals surface area (Å²) in [6.07, 6.45) is 2.27. The number of hydrogen-bond donors (Lipinski definition) is 2. The molecule has 2 saturated heterocycles. The smallest absolute Gasteiger partial charge is 0.262 e. The standard InChI is InChI=1S/C20H22N4O5/c21-16(25)9-11-5-7-23(8-6-11)12-1-2-13-14(10-12)20(29)24(19(13)28)15-3-4-17(26)22-18(15)27/h1-2,10-11,15H,3-9H2,(H2,21,25)(H,22,26,27). The summed E-state index contributed by atoms with van der Waals surface area (Å²) in [5.41, 5.74) is 6.65. The molecule has 0 saturated carbocycles. The topological polar surface area (TPSA) is 130 Å². The van der Waals surface area contributed by atoms with Crippen molar-refractivity contribution >= 4 is 35.2 Å². The molecule has 1 unspecified atom stereocenters. The van der Waals surface area contributed by atoms with Gasteiger partial charge in [-0.05, 0) is 43.4 Å². The first-order valence-corrected chi connectivity index (χ1v) is 9.74. The van der Waals surface area contributed by atoms with Gasteiger partial charge in [0, 0.05) is 31.6 Å². The summed E-state index contributed by atoms with van der Waals surface area (Å²) in [5.74, 6) is -2.06. The van der Waals surface area contributed by atoms with Crippen molar-refractivity contribution in [2.75, 3.05) is 18.0 Å². The lowest BCUT2D eigenvalue weighted by atomic mass is 9.93. The molecular weight excluding hydrogens is 376 g/mol. The molecule has 0 spiro atoms. The van der Waals surface area contributed by atoms with Crippen LogP contribution in [0.5, 0.6) is 0 Å². The number of carbonyl (C=O) groups is 5. The number of nitrogens with two attached hydrogens (primary N) is 1.